The Bertz CT molecular complexity index is 807. The maximum atomic E-state index is 11.5. The minimum Gasteiger partial charge on any atom is -0.346 e. The second kappa shape index (κ2) is 8.80. The predicted molar refractivity (Wildman–Crippen MR) is 101 cm³/mol. The molecule has 25 heavy (non-hydrogen) atoms. The first-order chi connectivity index (χ1) is 11.9. The molecule has 1 heterocycles. The third-order valence-electron chi connectivity index (χ3n) is 2.70. The average Bonchev–Trinajstić information content (AvgIpc) is 2.88. The van der Waals surface area contributed by atoms with Gasteiger partial charge in [0.1, 0.15) is 0 Å². The largest absolute Gasteiger partial charge is 0.346 e. The number of anilines is 2. The molecule has 2 amide bonds. The van der Waals surface area contributed by atoms with Crippen LogP contribution in [0.5, 0.6) is 0 Å². The van der Waals surface area contributed by atoms with Gasteiger partial charge in [-0.1, -0.05) is 46.7 Å². The van der Waals surface area contributed by atoms with E-state index in [0.29, 0.717) is 20.7 Å². The number of nitrogens with one attached hydrogen (secondary N) is 3. The van der Waals surface area contributed by atoms with Crippen LogP contribution in [0.2, 0.25) is 10.2 Å². The summed E-state index contributed by atoms with van der Waals surface area (Å²) < 4.78 is 0. The van der Waals surface area contributed by atoms with E-state index in [2.05, 4.69) is 26.1 Å². The minimum absolute atomic E-state index is 0.142. The third-order valence-corrected chi connectivity index (χ3v) is 4.33. The Labute approximate surface area is 158 Å². The van der Waals surface area contributed by atoms with E-state index in [-0.39, 0.29) is 11.2 Å². The summed E-state index contributed by atoms with van der Waals surface area (Å²) in [4.78, 5) is 27.6. The van der Waals surface area contributed by atoms with Crippen LogP contribution >= 0.6 is 34.5 Å². The SMILES string of the molecule is CC(C)NC(=O)C(=O)N/N=C/c1sc(Nc2ccccc2Cl)nc1Cl. The number of hydrogen-bond acceptors (Lipinski definition) is 6. The molecule has 7 nitrogen and oxygen atoms in total. The van der Waals surface area contributed by atoms with Crippen LogP contribution in [-0.2, 0) is 9.59 Å². The van der Waals surface area contributed by atoms with Crippen LogP contribution in [0.4, 0.5) is 10.8 Å². The van der Waals surface area contributed by atoms with Gasteiger partial charge in [0.25, 0.3) is 0 Å². The highest BCUT2D eigenvalue weighted by Gasteiger charge is 2.13. The lowest BCUT2D eigenvalue weighted by atomic mass is 10.3. The van der Waals surface area contributed by atoms with Gasteiger partial charge in [-0.2, -0.15) is 5.10 Å². The van der Waals surface area contributed by atoms with Crippen LogP contribution < -0.4 is 16.1 Å². The molecule has 0 aliphatic carbocycles. The zero-order valence-electron chi connectivity index (χ0n) is 13.3. The number of hydrazone groups is 1. The molecule has 0 radical (unpaired) electrons. The number of rotatable bonds is 5. The second-order valence-electron chi connectivity index (χ2n) is 5.11. The third kappa shape index (κ3) is 5.70. The summed E-state index contributed by atoms with van der Waals surface area (Å²) in [6.07, 6.45) is 1.32. The Hall–Kier alpha value is -2.16. The highest BCUT2D eigenvalue weighted by molar-refractivity contribution is 7.17. The van der Waals surface area contributed by atoms with Crippen LogP contribution in [0.15, 0.2) is 29.4 Å². The number of carbonyl (C=O) groups excluding carboxylic acids is 2. The van der Waals surface area contributed by atoms with Gasteiger partial charge >= 0.3 is 11.8 Å². The minimum atomic E-state index is -0.861. The molecule has 2 rings (SSSR count). The van der Waals surface area contributed by atoms with Crippen molar-refractivity contribution in [1.82, 2.24) is 15.7 Å². The lowest BCUT2D eigenvalue weighted by molar-refractivity contribution is -0.139. The Morgan fingerprint density at radius 3 is 2.64 bits per heavy atom. The molecular weight excluding hydrogens is 385 g/mol. The van der Waals surface area contributed by atoms with Crippen molar-refractivity contribution in [3.8, 4) is 0 Å². The van der Waals surface area contributed by atoms with Gasteiger partial charge in [0.05, 0.1) is 21.8 Å². The van der Waals surface area contributed by atoms with E-state index in [9.17, 15) is 9.59 Å². The van der Waals surface area contributed by atoms with Crippen molar-refractivity contribution in [3.63, 3.8) is 0 Å². The van der Waals surface area contributed by atoms with Crippen LogP contribution in [0.3, 0.4) is 0 Å². The van der Waals surface area contributed by atoms with Crippen molar-refractivity contribution in [2.45, 2.75) is 19.9 Å². The molecule has 132 valence electrons. The zero-order valence-corrected chi connectivity index (χ0v) is 15.7. The summed E-state index contributed by atoms with van der Waals surface area (Å²) in [7, 11) is 0. The maximum Gasteiger partial charge on any atom is 0.329 e. The van der Waals surface area contributed by atoms with Gasteiger partial charge in [0.15, 0.2) is 10.3 Å². The number of para-hydroxylation sites is 1. The van der Waals surface area contributed by atoms with Gasteiger partial charge in [-0.05, 0) is 26.0 Å². The van der Waals surface area contributed by atoms with Crippen molar-refractivity contribution in [3.05, 3.63) is 39.3 Å². The molecule has 2 aromatic rings. The molecule has 0 bridgehead atoms. The number of amides is 2. The smallest absolute Gasteiger partial charge is 0.329 e. The average molecular weight is 400 g/mol. The van der Waals surface area contributed by atoms with Crippen LogP contribution in [-0.4, -0.2) is 29.1 Å². The first-order valence-corrected chi connectivity index (χ1v) is 8.76. The van der Waals surface area contributed by atoms with Crippen LogP contribution in [0.1, 0.15) is 18.7 Å². The van der Waals surface area contributed by atoms with E-state index in [1.54, 1.807) is 26.0 Å². The molecule has 0 atom stereocenters. The topological polar surface area (TPSA) is 95.5 Å². The number of hydrogen-bond donors (Lipinski definition) is 3. The summed E-state index contributed by atoms with van der Waals surface area (Å²) in [5.41, 5.74) is 2.82. The molecule has 0 aliphatic rings. The van der Waals surface area contributed by atoms with E-state index in [4.69, 9.17) is 23.2 Å². The van der Waals surface area contributed by atoms with E-state index in [0.717, 1.165) is 0 Å². The molecule has 0 unspecified atom stereocenters. The van der Waals surface area contributed by atoms with Crippen LogP contribution in [0.25, 0.3) is 0 Å². The van der Waals surface area contributed by atoms with Gasteiger partial charge in [0, 0.05) is 6.04 Å². The Kier molecular flexibility index (Phi) is 6.74. The summed E-state index contributed by atoms with van der Waals surface area (Å²) in [6.45, 7) is 3.50. The van der Waals surface area contributed by atoms with Crippen LogP contribution in [0, 0.1) is 0 Å². The van der Waals surface area contributed by atoms with E-state index < -0.39 is 11.8 Å². The monoisotopic (exact) mass is 399 g/mol. The Morgan fingerprint density at radius 1 is 1.24 bits per heavy atom. The number of halogens is 2. The second-order valence-corrected chi connectivity index (χ2v) is 6.90. The summed E-state index contributed by atoms with van der Waals surface area (Å²) >= 11 is 13.3. The van der Waals surface area contributed by atoms with E-state index in [1.807, 2.05) is 12.1 Å². The first-order valence-electron chi connectivity index (χ1n) is 7.18. The fraction of sp³-hybridized carbons (Fsp3) is 0.200. The van der Waals surface area contributed by atoms with Crippen molar-refractivity contribution < 1.29 is 9.59 Å². The molecular formula is C15H15Cl2N5O2S. The molecule has 1 aromatic carbocycles. The van der Waals surface area contributed by atoms with Gasteiger partial charge in [-0.25, -0.2) is 10.4 Å². The number of thiazole rings is 1. The van der Waals surface area contributed by atoms with E-state index in [1.165, 1.54) is 17.6 Å². The number of benzene rings is 1. The summed E-state index contributed by atoms with van der Waals surface area (Å²) in [6, 6.07) is 7.07. The van der Waals surface area contributed by atoms with Crippen molar-refractivity contribution in [2.24, 2.45) is 5.10 Å². The number of nitrogens with zero attached hydrogens (tertiary/aromatic N) is 2. The summed E-state index contributed by atoms with van der Waals surface area (Å²) in [5.74, 6) is -1.62. The van der Waals surface area contributed by atoms with Crippen molar-refractivity contribution in [1.29, 1.82) is 0 Å². The normalized spacial score (nSPS) is 10.9. The highest BCUT2D eigenvalue weighted by atomic mass is 35.5. The fourth-order valence-electron chi connectivity index (χ4n) is 1.65. The molecule has 3 N–H and O–H groups in total. The van der Waals surface area contributed by atoms with Gasteiger partial charge in [-0.15, -0.1) is 0 Å². The predicted octanol–water partition coefficient (Wildman–Crippen LogP) is 3.17. The quantitative estimate of drug-likeness (QED) is 0.408. The number of carbonyl (C=O) groups is 2. The molecule has 0 aliphatic heterocycles. The van der Waals surface area contributed by atoms with Gasteiger partial charge < -0.3 is 10.6 Å². The molecule has 1 aromatic heterocycles. The van der Waals surface area contributed by atoms with Gasteiger partial charge in [-0.3, -0.25) is 9.59 Å². The molecule has 0 saturated heterocycles. The zero-order chi connectivity index (χ0) is 18.4. The number of aromatic nitrogens is 1. The first kappa shape index (κ1) is 19.2. The molecule has 0 saturated carbocycles. The maximum absolute atomic E-state index is 11.5. The molecule has 0 spiro atoms. The lowest BCUT2D eigenvalue weighted by Gasteiger charge is -2.05. The highest BCUT2D eigenvalue weighted by Crippen LogP contribution is 2.30. The van der Waals surface area contributed by atoms with Crippen molar-refractivity contribution >= 4 is 63.4 Å². The molecule has 10 heteroatoms. The standard InChI is InChI=1S/C15H15Cl2N5O2S/c1-8(2)19-13(23)14(24)22-18-7-11-12(17)21-15(25-11)20-10-6-4-3-5-9(10)16/h3-8H,1-2H3,(H,19,23)(H,20,21)(H,22,24)/b18-7+. The summed E-state index contributed by atoms with van der Waals surface area (Å²) in [5, 5.41) is 10.5. The Morgan fingerprint density at radius 2 is 1.96 bits per heavy atom. The van der Waals surface area contributed by atoms with E-state index >= 15 is 0 Å². The van der Waals surface area contributed by atoms with Gasteiger partial charge in [0.2, 0.25) is 0 Å². The lowest BCUT2D eigenvalue weighted by Crippen LogP contribution is -2.41. The fourth-order valence-corrected chi connectivity index (χ4v) is 2.88. The Balaban J connectivity index is 1.99. The molecule has 0 fully saturated rings. The van der Waals surface area contributed by atoms with Crippen molar-refractivity contribution in [2.75, 3.05) is 5.32 Å².